The molecule has 10 heteroatoms. The summed E-state index contributed by atoms with van der Waals surface area (Å²) in [7, 11) is -1.18. The van der Waals surface area contributed by atoms with Crippen LogP contribution in [0.4, 0.5) is 4.79 Å². The molecule has 0 spiro atoms. The molecule has 1 atom stereocenters. The molecule has 0 aromatic carbocycles. The fourth-order valence-corrected chi connectivity index (χ4v) is 5.40. The maximum Gasteiger partial charge on any atom is 0.410 e. The van der Waals surface area contributed by atoms with Gasteiger partial charge in [-0.05, 0) is 67.7 Å². The fourth-order valence-electron chi connectivity index (χ4n) is 4.31. The fraction of sp³-hybridized carbons (Fsp3) is 0.577. The number of nitrogens with zero attached hydrogens (tertiary/aromatic N) is 4. The number of fused-ring (bicyclic) bond motifs is 3. The van der Waals surface area contributed by atoms with Crippen LogP contribution in [-0.2, 0) is 16.2 Å². The Kier molecular flexibility index (Phi) is 7.97. The van der Waals surface area contributed by atoms with Crippen molar-refractivity contribution in [2.24, 2.45) is 0 Å². The van der Waals surface area contributed by atoms with Gasteiger partial charge in [0.15, 0.2) is 0 Å². The number of rotatable bonds is 7. The second-order valence-electron chi connectivity index (χ2n) is 11.6. The molecule has 0 bridgehead atoms. The first kappa shape index (κ1) is 26.9. The minimum Gasteiger partial charge on any atom is -0.488 e. The predicted octanol–water partition coefficient (Wildman–Crippen LogP) is 6.44. The normalized spacial score (nSPS) is 17.1. The monoisotopic (exact) mass is 576 g/mol. The van der Waals surface area contributed by atoms with Crippen molar-refractivity contribution in [3.05, 3.63) is 29.1 Å². The van der Waals surface area contributed by atoms with Crippen molar-refractivity contribution in [3.63, 3.8) is 0 Å². The molecule has 0 saturated carbocycles. The van der Waals surface area contributed by atoms with E-state index < -0.39 is 13.7 Å². The van der Waals surface area contributed by atoms with Gasteiger partial charge in [0.2, 0.25) is 0 Å². The van der Waals surface area contributed by atoms with Crippen LogP contribution in [0.5, 0.6) is 5.75 Å². The van der Waals surface area contributed by atoms with Gasteiger partial charge >= 0.3 is 6.09 Å². The van der Waals surface area contributed by atoms with Crippen molar-refractivity contribution < 1.29 is 19.0 Å². The molecular formula is C26H37BrN4O4Si. The van der Waals surface area contributed by atoms with Crippen molar-refractivity contribution in [2.75, 3.05) is 19.7 Å². The van der Waals surface area contributed by atoms with Crippen LogP contribution in [0.15, 0.2) is 29.1 Å². The second kappa shape index (κ2) is 10.7. The maximum atomic E-state index is 12.6. The summed E-state index contributed by atoms with van der Waals surface area (Å²) in [6.07, 6.45) is 4.92. The number of hydrogen-bond acceptors (Lipinski definition) is 6. The first-order valence-electron chi connectivity index (χ1n) is 12.6. The van der Waals surface area contributed by atoms with E-state index >= 15 is 0 Å². The number of hydrogen-bond donors (Lipinski definition) is 0. The number of pyridine rings is 2. The first-order chi connectivity index (χ1) is 16.9. The van der Waals surface area contributed by atoms with Crippen molar-refractivity contribution in [3.8, 4) is 5.75 Å². The van der Waals surface area contributed by atoms with Gasteiger partial charge in [0.25, 0.3) is 0 Å². The lowest BCUT2D eigenvalue weighted by atomic mass is 10.1. The average molecular weight is 578 g/mol. The number of ether oxygens (including phenoxy) is 3. The molecule has 0 N–H and O–H groups in total. The van der Waals surface area contributed by atoms with Gasteiger partial charge in [-0.15, -0.1) is 0 Å². The zero-order valence-electron chi connectivity index (χ0n) is 22.1. The van der Waals surface area contributed by atoms with Gasteiger partial charge in [0.1, 0.15) is 34.4 Å². The summed E-state index contributed by atoms with van der Waals surface area (Å²) in [5.41, 5.74) is 1.22. The number of carbonyl (C=O) groups is 1. The van der Waals surface area contributed by atoms with Crippen LogP contribution >= 0.6 is 15.9 Å². The van der Waals surface area contributed by atoms with Crippen LogP contribution in [0, 0.1) is 0 Å². The van der Waals surface area contributed by atoms with Gasteiger partial charge in [-0.2, -0.15) is 0 Å². The van der Waals surface area contributed by atoms with Crippen LogP contribution in [0.3, 0.4) is 0 Å². The van der Waals surface area contributed by atoms with Gasteiger partial charge < -0.3 is 19.1 Å². The summed E-state index contributed by atoms with van der Waals surface area (Å²) < 4.78 is 21.0. The third-order valence-electron chi connectivity index (χ3n) is 6.10. The number of amides is 1. The third kappa shape index (κ3) is 6.57. The van der Waals surface area contributed by atoms with Crippen molar-refractivity contribution in [1.82, 2.24) is 19.4 Å². The van der Waals surface area contributed by atoms with Gasteiger partial charge in [0.05, 0.1) is 23.6 Å². The molecule has 36 heavy (non-hydrogen) atoms. The minimum atomic E-state index is -1.18. The minimum absolute atomic E-state index is 0.131. The van der Waals surface area contributed by atoms with Crippen LogP contribution in [0.2, 0.25) is 25.7 Å². The molecule has 196 valence electrons. The molecule has 3 aromatic rings. The topological polar surface area (TPSA) is 78.7 Å². The van der Waals surface area contributed by atoms with E-state index in [0.717, 1.165) is 57.8 Å². The Labute approximate surface area is 222 Å². The Morgan fingerprint density at radius 3 is 2.75 bits per heavy atom. The summed E-state index contributed by atoms with van der Waals surface area (Å²) >= 11 is 3.52. The number of likely N-dealkylation sites (tertiary alicyclic amines) is 1. The predicted molar refractivity (Wildman–Crippen MR) is 148 cm³/mol. The Balaban J connectivity index is 1.60. The van der Waals surface area contributed by atoms with Crippen LogP contribution in [-0.4, -0.2) is 65.0 Å². The molecule has 1 fully saturated rings. The van der Waals surface area contributed by atoms with Crippen molar-refractivity contribution >= 4 is 52.0 Å². The van der Waals surface area contributed by atoms with E-state index in [4.69, 9.17) is 19.2 Å². The Hall–Kier alpha value is -2.17. The molecule has 4 heterocycles. The van der Waals surface area contributed by atoms with Crippen molar-refractivity contribution in [2.45, 2.75) is 77.7 Å². The molecule has 1 amide bonds. The molecule has 8 nitrogen and oxygen atoms in total. The number of piperidine rings is 1. The molecule has 0 aliphatic carbocycles. The van der Waals surface area contributed by atoms with E-state index in [1.165, 1.54) is 0 Å². The number of halogens is 1. The van der Waals surface area contributed by atoms with E-state index in [1.807, 2.05) is 39.1 Å². The Bertz CT molecular complexity index is 1230. The van der Waals surface area contributed by atoms with Gasteiger partial charge in [-0.3, -0.25) is 4.57 Å². The molecule has 1 aliphatic rings. The smallest absolute Gasteiger partial charge is 0.410 e. The number of aromatic nitrogens is 3. The quantitative estimate of drug-likeness (QED) is 0.183. The van der Waals surface area contributed by atoms with Gasteiger partial charge in [0, 0.05) is 32.8 Å². The maximum absolute atomic E-state index is 12.6. The Morgan fingerprint density at radius 1 is 1.25 bits per heavy atom. The van der Waals surface area contributed by atoms with E-state index in [2.05, 4.69) is 45.1 Å². The average Bonchev–Trinajstić information content (AvgIpc) is 3.09. The highest BCUT2D eigenvalue weighted by molar-refractivity contribution is 9.10. The van der Waals surface area contributed by atoms with E-state index in [9.17, 15) is 4.79 Å². The van der Waals surface area contributed by atoms with Crippen molar-refractivity contribution in [1.29, 1.82) is 0 Å². The lowest BCUT2D eigenvalue weighted by Gasteiger charge is -2.34. The zero-order chi connectivity index (χ0) is 26.1. The summed E-state index contributed by atoms with van der Waals surface area (Å²) in [4.78, 5) is 23.5. The molecule has 1 unspecified atom stereocenters. The molecule has 3 aromatic heterocycles. The molecule has 1 saturated heterocycles. The first-order valence-corrected chi connectivity index (χ1v) is 17.1. The molecular weight excluding hydrogens is 540 g/mol. The summed E-state index contributed by atoms with van der Waals surface area (Å²) in [5.74, 6) is 0.750. The van der Waals surface area contributed by atoms with Gasteiger partial charge in [-0.1, -0.05) is 19.6 Å². The number of carbonyl (C=O) groups excluding carboxylic acids is 1. The standard InChI is InChI=1S/C26H37BrN4O4Si/c1-26(2,3)35-25(32)30-11-7-8-18(16-30)34-21-9-10-28-24-23(21)19-14-22(27)29-15-20(19)31(24)17-33-12-13-36(4,5)6/h9-10,14-15,18H,7-8,11-13,16-17H2,1-6H3. The SMILES string of the molecule is CC(C)(C)OC(=O)N1CCCC(Oc2ccnc3c2c2cc(Br)ncc2n3COCC[Si](C)(C)C)C1. The highest BCUT2D eigenvalue weighted by atomic mass is 79.9. The van der Waals surface area contributed by atoms with Crippen LogP contribution in [0.1, 0.15) is 33.6 Å². The largest absolute Gasteiger partial charge is 0.488 e. The highest BCUT2D eigenvalue weighted by Crippen LogP contribution is 2.36. The summed E-state index contributed by atoms with van der Waals surface area (Å²) in [5, 5.41) is 1.93. The van der Waals surface area contributed by atoms with E-state index in [-0.39, 0.29) is 12.2 Å². The summed E-state index contributed by atoms with van der Waals surface area (Å²) in [6.45, 7) is 15.0. The van der Waals surface area contributed by atoms with Gasteiger partial charge in [-0.25, -0.2) is 14.8 Å². The zero-order valence-corrected chi connectivity index (χ0v) is 24.7. The lowest BCUT2D eigenvalue weighted by Crippen LogP contribution is -2.46. The second-order valence-corrected chi connectivity index (χ2v) is 18.1. The molecule has 0 radical (unpaired) electrons. The Morgan fingerprint density at radius 2 is 2.03 bits per heavy atom. The lowest BCUT2D eigenvalue weighted by molar-refractivity contribution is 0.00793. The van der Waals surface area contributed by atoms with Crippen LogP contribution < -0.4 is 4.74 Å². The highest BCUT2D eigenvalue weighted by Gasteiger charge is 2.29. The molecule has 4 rings (SSSR count). The third-order valence-corrected chi connectivity index (χ3v) is 8.24. The summed E-state index contributed by atoms with van der Waals surface area (Å²) in [6, 6.07) is 5.00. The van der Waals surface area contributed by atoms with E-state index in [0.29, 0.717) is 19.8 Å². The molecule has 1 aliphatic heterocycles. The van der Waals surface area contributed by atoms with Crippen LogP contribution in [0.25, 0.3) is 21.9 Å². The van der Waals surface area contributed by atoms with E-state index in [1.54, 1.807) is 11.1 Å².